The molecule has 0 radical (unpaired) electrons. The fraction of sp³-hybridized carbons (Fsp3) is 0.917. The normalized spacial score (nSPS) is 20.9. The summed E-state index contributed by atoms with van der Waals surface area (Å²) < 4.78 is 5.24. The molecular formula is C12H24N2O2S. The lowest BCUT2D eigenvalue weighted by Crippen LogP contribution is -2.58. The molecule has 0 saturated carbocycles. The Morgan fingerprint density at radius 3 is 2.76 bits per heavy atom. The van der Waals surface area contributed by atoms with Gasteiger partial charge in [-0.2, -0.15) is 11.8 Å². The van der Waals surface area contributed by atoms with Gasteiger partial charge in [-0.15, -0.1) is 0 Å². The monoisotopic (exact) mass is 260 g/mol. The minimum Gasteiger partial charge on any atom is -0.381 e. The Bertz CT molecular complexity index is 243. The van der Waals surface area contributed by atoms with E-state index in [2.05, 4.69) is 12.2 Å². The third-order valence-corrected chi connectivity index (χ3v) is 4.05. The Hall–Kier alpha value is -0.260. The van der Waals surface area contributed by atoms with Crippen molar-refractivity contribution in [3.05, 3.63) is 0 Å². The molecule has 0 aromatic carbocycles. The molecule has 0 spiro atoms. The predicted molar refractivity (Wildman–Crippen MR) is 72.2 cm³/mol. The quantitative estimate of drug-likeness (QED) is 0.703. The first-order valence-corrected chi connectivity index (χ1v) is 7.49. The second-order valence-corrected chi connectivity index (χ2v) is 6.02. The van der Waals surface area contributed by atoms with Crippen molar-refractivity contribution in [3.8, 4) is 0 Å². The zero-order valence-electron chi connectivity index (χ0n) is 10.8. The van der Waals surface area contributed by atoms with Crippen LogP contribution in [-0.2, 0) is 9.53 Å². The highest BCUT2D eigenvalue weighted by molar-refractivity contribution is 7.99. The lowest BCUT2D eigenvalue weighted by Gasteiger charge is -2.33. The smallest absolute Gasteiger partial charge is 0.240 e. The lowest BCUT2D eigenvalue weighted by atomic mass is 9.90. The molecule has 1 atom stereocenters. The summed E-state index contributed by atoms with van der Waals surface area (Å²) in [6, 6.07) is 0.199. The first-order chi connectivity index (χ1) is 8.08. The van der Waals surface area contributed by atoms with E-state index in [1.54, 1.807) is 0 Å². The number of amides is 1. The summed E-state index contributed by atoms with van der Waals surface area (Å²) in [6.45, 7) is 5.36. The third-order valence-electron chi connectivity index (χ3n) is 3.11. The van der Waals surface area contributed by atoms with Gasteiger partial charge in [-0.1, -0.05) is 6.92 Å². The molecule has 1 unspecified atom stereocenters. The number of rotatable bonds is 6. The molecule has 0 aromatic heterocycles. The maximum absolute atomic E-state index is 12.1. The van der Waals surface area contributed by atoms with Crippen molar-refractivity contribution in [2.75, 3.05) is 24.7 Å². The molecular weight excluding hydrogens is 236 g/mol. The van der Waals surface area contributed by atoms with Crippen LogP contribution in [0.15, 0.2) is 0 Å². The number of carbonyl (C=O) groups is 1. The molecule has 1 amide bonds. The van der Waals surface area contributed by atoms with Gasteiger partial charge in [-0.3, -0.25) is 4.79 Å². The Morgan fingerprint density at radius 1 is 1.53 bits per heavy atom. The summed E-state index contributed by atoms with van der Waals surface area (Å²) in [7, 11) is 0. The van der Waals surface area contributed by atoms with Gasteiger partial charge in [0.25, 0.3) is 0 Å². The van der Waals surface area contributed by atoms with Crippen molar-refractivity contribution < 1.29 is 9.53 Å². The van der Waals surface area contributed by atoms with Crippen molar-refractivity contribution in [1.82, 2.24) is 5.32 Å². The average molecular weight is 260 g/mol. The summed E-state index contributed by atoms with van der Waals surface area (Å²) in [4.78, 5) is 12.1. The number of thioether (sulfide) groups is 1. The predicted octanol–water partition coefficient (Wildman–Crippen LogP) is 1.14. The standard InChI is InChI=1S/C12H24N2O2S/c1-3-17-9-4-10(2)14-11(15)12(13)5-7-16-8-6-12/h10H,3-9,13H2,1-2H3,(H,14,15). The fourth-order valence-corrected chi connectivity index (χ4v) is 2.62. The van der Waals surface area contributed by atoms with E-state index in [4.69, 9.17) is 10.5 Å². The summed E-state index contributed by atoms with van der Waals surface area (Å²) >= 11 is 1.90. The molecule has 1 aliphatic heterocycles. The molecule has 1 aliphatic rings. The number of nitrogens with one attached hydrogen (secondary N) is 1. The molecule has 0 aromatic rings. The number of nitrogens with two attached hydrogens (primary N) is 1. The molecule has 0 aliphatic carbocycles. The second-order valence-electron chi connectivity index (χ2n) is 4.63. The van der Waals surface area contributed by atoms with E-state index in [1.807, 2.05) is 18.7 Å². The largest absolute Gasteiger partial charge is 0.381 e. The van der Waals surface area contributed by atoms with Crippen LogP contribution in [0.1, 0.15) is 33.1 Å². The number of carbonyl (C=O) groups excluding carboxylic acids is 1. The molecule has 17 heavy (non-hydrogen) atoms. The Balaban J connectivity index is 2.31. The third kappa shape index (κ3) is 4.85. The van der Waals surface area contributed by atoms with E-state index in [-0.39, 0.29) is 11.9 Å². The van der Waals surface area contributed by atoms with E-state index in [1.165, 1.54) is 0 Å². The van der Waals surface area contributed by atoms with Gasteiger partial charge in [0.1, 0.15) is 0 Å². The maximum Gasteiger partial charge on any atom is 0.240 e. The van der Waals surface area contributed by atoms with Crippen LogP contribution in [0, 0.1) is 0 Å². The van der Waals surface area contributed by atoms with E-state index < -0.39 is 5.54 Å². The molecule has 100 valence electrons. The van der Waals surface area contributed by atoms with E-state index in [0.29, 0.717) is 26.1 Å². The highest BCUT2D eigenvalue weighted by atomic mass is 32.2. The van der Waals surface area contributed by atoms with Crippen LogP contribution >= 0.6 is 11.8 Å². The zero-order chi connectivity index (χ0) is 12.7. The van der Waals surface area contributed by atoms with Crippen LogP contribution < -0.4 is 11.1 Å². The molecule has 0 bridgehead atoms. The second kappa shape index (κ2) is 7.24. The van der Waals surface area contributed by atoms with Gasteiger partial charge in [0.2, 0.25) is 5.91 Å². The zero-order valence-corrected chi connectivity index (χ0v) is 11.6. The number of ether oxygens (including phenoxy) is 1. The fourth-order valence-electron chi connectivity index (χ4n) is 1.81. The van der Waals surface area contributed by atoms with Crippen LogP contribution in [0.3, 0.4) is 0 Å². The highest BCUT2D eigenvalue weighted by Crippen LogP contribution is 2.18. The summed E-state index contributed by atoms with van der Waals surface area (Å²) in [6.07, 6.45) is 2.24. The molecule has 1 heterocycles. The first kappa shape index (κ1) is 14.8. The summed E-state index contributed by atoms with van der Waals surface area (Å²) in [5, 5.41) is 3.02. The van der Waals surface area contributed by atoms with Gasteiger partial charge in [0.05, 0.1) is 5.54 Å². The lowest BCUT2D eigenvalue weighted by molar-refractivity contribution is -0.130. The average Bonchev–Trinajstić information content (AvgIpc) is 2.30. The van der Waals surface area contributed by atoms with Crippen LogP contribution in [0.5, 0.6) is 0 Å². The molecule has 1 saturated heterocycles. The van der Waals surface area contributed by atoms with Crippen LogP contribution in [0.25, 0.3) is 0 Å². The van der Waals surface area contributed by atoms with Crippen molar-refractivity contribution in [2.45, 2.75) is 44.7 Å². The summed E-state index contributed by atoms with van der Waals surface area (Å²) in [5.74, 6) is 2.19. The van der Waals surface area contributed by atoms with E-state index >= 15 is 0 Å². The van der Waals surface area contributed by atoms with Crippen molar-refractivity contribution in [1.29, 1.82) is 0 Å². The topological polar surface area (TPSA) is 64.4 Å². The number of hydrogen-bond acceptors (Lipinski definition) is 4. The van der Waals surface area contributed by atoms with Gasteiger partial charge >= 0.3 is 0 Å². The molecule has 4 nitrogen and oxygen atoms in total. The van der Waals surface area contributed by atoms with Crippen LogP contribution in [-0.4, -0.2) is 42.2 Å². The van der Waals surface area contributed by atoms with Gasteiger partial charge in [-0.25, -0.2) is 0 Å². The van der Waals surface area contributed by atoms with E-state index in [0.717, 1.165) is 17.9 Å². The highest BCUT2D eigenvalue weighted by Gasteiger charge is 2.36. The van der Waals surface area contributed by atoms with Crippen LogP contribution in [0.2, 0.25) is 0 Å². The van der Waals surface area contributed by atoms with Gasteiger partial charge in [-0.05, 0) is 37.7 Å². The van der Waals surface area contributed by atoms with Gasteiger partial charge < -0.3 is 15.8 Å². The van der Waals surface area contributed by atoms with E-state index in [9.17, 15) is 4.79 Å². The molecule has 1 fully saturated rings. The van der Waals surface area contributed by atoms with Gasteiger partial charge in [0.15, 0.2) is 0 Å². The maximum atomic E-state index is 12.1. The number of hydrogen-bond donors (Lipinski definition) is 2. The minimum absolute atomic E-state index is 0.0187. The van der Waals surface area contributed by atoms with Crippen molar-refractivity contribution >= 4 is 17.7 Å². The SMILES string of the molecule is CCSCCC(C)NC(=O)C1(N)CCOCC1. The molecule has 1 rings (SSSR count). The molecule has 5 heteroatoms. The van der Waals surface area contributed by atoms with Crippen molar-refractivity contribution in [2.24, 2.45) is 5.73 Å². The first-order valence-electron chi connectivity index (χ1n) is 6.34. The molecule has 3 N–H and O–H groups in total. The van der Waals surface area contributed by atoms with Crippen molar-refractivity contribution in [3.63, 3.8) is 0 Å². The summed E-state index contributed by atoms with van der Waals surface area (Å²) in [5.41, 5.74) is 5.39. The Kier molecular flexibility index (Phi) is 6.30. The van der Waals surface area contributed by atoms with Gasteiger partial charge in [0, 0.05) is 19.3 Å². The Labute approximate surface area is 108 Å². The Morgan fingerprint density at radius 2 is 2.18 bits per heavy atom. The minimum atomic E-state index is -0.718. The van der Waals surface area contributed by atoms with Crippen LogP contribution in [0.4, 0.5) is 0 Å².